The number of rotatable bonds is 4. The maximum atomic E-state index is 12.1. The fraction of sp³-hybridized carbons (Fsp3) is 0.857. The van der Waals surface area contributed by atoms with Crippen LogP contribution in [0.3, 0.4) is 0 Å². The van der Waals surface area contributed by atoms with E-state index >= 15 is 0 Å². The van der Waals surface area contributed by atoms with Crippen LogP contribution in [0.1, 0.15) is 32.6 Å². The molecular weight excluding hydrogens is 244 g/mol. The molecule has 0 saturated heterocycles. The summed E-state index contributed by atoms with van der Waals surface area (Å²) in [6.07, 6.45) is 4.42. The molecule has 0 aromatic rings. The number of carbonyl (C=O) groups excluding carboxylic acids is 1. The van der Waals surface area contributed by atoms with Gasteiger partial charge in [0.15, 0.2) is 0 Å². The average molecular weight is 266 g/mol. The molecule has 5 atom stereocenters. The summed E-state index contributed by atoms with van der Waals surface area (Å²) in [5, 5.41) is 12.1. The summed E-state index contributed by atoms with van der Waals surface area (Å²) in [6.45, 7) is 1.79. The lowest BCUT2D eigenvalue weighted by Gasteiger charge is -2.24. The number of nitrogens with one attached hydrogen (secondary N) is 1. The van der Waals surface area contributed by atoms with Gasteiger partial charge < -0.3 is 15.3 Å². The van der Waals surface area contributed by atoms with E-state index in [0.29, 0.717) is 24.3 Å². The Hall–Kier alpha value is -1.26. The number of urea groups is 1. The molecule has 0 spiro atoms. The van der Waals surface area contributed by atoms with Crippen LogP contribution in [0.15, 0.2) is 0 Å². The second-order valence-electron chi connectivity index (χ2n) is 6.34. The molecule has 0 aromatic heterocycles. The highest BCUT2D eigenvalue weighted by atomic mass is 16.4. The van der Waals surface area contributed by atoms with E-state index in [1.807, 2.05) is 0 Å². The summed E-state index contributed by atoms with van der Waals surface area (Å²) in [5.74, 6) is 2.05. The SMILES string of the molecule is CCC(C(=O)O)N(C)C(=O)NC1C2C3CCC(C3)C12. The van der Waals surface area contributed by atoms with Crippen LogP contribution in [-0.2, 0) is 4.79 Å². The monoisotopic (exact) mass is 266 g/mol. The Bertz CT molecular complexity index is 395. The normalized spacial score (nSPS) is 39.6. The number of carbonyl (C=O) groups is 2. The topological polar surface area (TPSA) is 69.6 Å². The summed E-state index contributed by atoms with van der Waals surface area (Å²) in [7, 11) is 1.57. The van der Waals surface area contributed by atoms with Crippen molar-refractivity contribution in [1.29, 1.82) is 0 Å². The third-order valence-electron chi connectivity index (χ3n) is 5.49. The Morgan fingerprint density at radius 1 is 1.32 bits per heavy atom. The van der Waals surface area contributed by atoms with E-state index < -0.39 is 12.0 Å². The zero-order chi connectivity index (χ0) is 13.7. The lowest BCUT2D eigenvalue weighted by molar-refractivity contribution is -0.141. The molecule has 3 saturated carbocycles. The summed E-state index contributed by atoms with van der Waals surface area (Å²) >= 11 is 0. The van der Waals surface area contributed by atoms with Gasteiger partial charge in [0.05, 0.1) is 0 Å². The number of fused-ring (bicyclic) bond motifs is 5. The van der Waals surface area contributed by atoms with Gasteiger partial charge >= 0.3 is 12.0 Å². The molecule has 19 heavy (non-hydrogen) atoms. The van der Waals surface area contributed by atoms with Crippen molar-refractivity contribution in [2.24, 2.45) is 23.7 Å². The first-order chi connectivity index (χ1) is 9.04. The largest absolute Gasteiger partial charge is 0.480 e. The lowest BCUT2D eigenvalue weighted by atomic mass is 10.0. The molecule has 0 radical (unpaired) electrons. The molecule has 0 aromatic carbocycles. The number of carboxylic acids is 1. The van der Waals surface area contributed by atoms with Crippen LogP contribution in [0.5, 0.6) is 0 Å². The van der Waals surface area contributed by atoms with Crippen molar-refractivity contribution < 1.29 is 14.7 Å². The fourth-order valence-electron chi connectivity index (χ4n) is 4.52. The van der Waals surface area contributed by atoms with Crippen molar-refractivity contribution in [2.75, 3.05) is 7.05 Å². The highest BCUT2D eigenvalue weighted by Crippen LogP contribution is 2.65. The Morgan fingerprint density at radius 3 is 2.37 bits per heavy atom. The van der Waals surface area contributed by atoms with Gasteiger partial charge in [0.25, 0.3) is 0 Å². The first kappa shape index (κ1) is 12.8. The highest BCUT2D eigenvalue weighted by molar-refractivity contribution is 5.82. The zero-order valence-corrected chi connectivity index (χ0v) is 11.5. The minimum Gasteiger partial charge on any atom is -0.480 e. The fourth-order valence-corrected chi connectivity index (χ4v) is 4.52. The summed E-state index contributed by atoms with van der Waals surface area (Å²) < 4.78 is 0. The smallest absolute Gasteiger partial charge is 0.326 e. The first-order valence-electron chi connectivity index (χ1n) is 7.30. The minimum atomic E-state index is -0.934. The van der Waals surface area contributed by atoms with Crippen LogP contribution in [0.4, 0.5) is 4.79 Å². The van der Waals surface area contributed by atoms with Crippen molar-refractivity contribution in [3.63, 3.8) is 0 Å². The van der Waals surface area contributed by atoms with Crippen molar-refractivity contribution in [2.45, 2.75) is 44.7 Å². The number of hydrogen-bond donors (Lipinski definition) is 2. The number of aliphatic carboxylic acids is 1. The minimum absolute atomic E-state index is 0.229. The molecule has 106 valence electrons. The van der Waals surface area contributed by atoms with Gasteiger partial charge in [-0.1, -0.05) is 6.92 Å². The number of nitrogens with zero attached hydrogens (tertiary/aromatic N) is 1. The Kier molecular flexibility index (Phi) is 2.95. The summed E-state index contributed by atoms with van der Waals surface area (Å²) in [6, 6.07) is -0.643. The van der Waals surface area contributed by atoms with Gasteiger partial charge in [-0.25, -0.2) is 9.59 Å². The lowest BCUT2D eigenvalue weighted by Crippen LogP contribution is -2.48. The zero-order valence-electron chi connectivity index (χ0n) is 11.5. The number of likely N-dealkylation sites (N-methyl/N-ethyl adjacent to an activating group) is 1. The molecule has 2 N–H and O–H groups in total. The van der Waals surface area contributed by atoms with Crippen molar-refractivity contribution in [3.8, 4) is 0 Å². The molecular formula is C14H22N2O3. The molecule has 3 aliphatic carbocycles. The maximum Gasteiger partial charge on any atom is 0.326 e. The van der Waals surface area contributed by atoms with E-state index in [0.717, 1.165) is 11.8 Å². The van der Waals surface area contributed by atoms with Crippen molar-refractivity contribution >= 4 is 12.0 Å². The molecule has 3 fully saturated rings. The number of hydrogen-bond acceptors (Lipinski definition) is 2. The van der Waals surface area contributed by atoms with Crippen LogP contribution in [0.25, 0.3) is 0 Å². The van der Waals surface area contributed by atoms with Gasteiger partial charge in [0.2, 0.25) is 0 Å². The highest BCUT2D eigenvalue weighted by Gasteiger charge is 2.65. The van der Waals surface area contributed by atoms with Gasteiger partial charge in [-0.3, -0.25) is 0 Å². The third-order valence-corrected chi connectivity index (χ3v) is 5.49. The Labute approximate surface area is 113 Å². The molecule has 3 aliphatic rings. The molecule has 5 unspecified atom stereocenters. The van der Waals surface area contributed by atoms with E-state index in [-0.39, 0.29) is 6.03 Å². The van der Waals surface area contributed by atoms with E-state index in [9.17, 15) is 9.59 Å². The predicted octanol–water partition coefficient (Wildman–Crippen LogP) is 1.54. The summed E-state index contributed by atoms with van der Waals surface area (Å²) in [5.41, 5.74) is 0. The number of amides is 2. The van der Waals surface area contributed by atoms with Gasteiger partial charge in [-0.2, -0.15) is 0 Å². The molecule has 2 bridgehead atoms. The molecule has 3 rings (SSSR count). The average Bonchev–Trinajstić information content (AvgIpc) is 2.77. The third kappa shape index (κ3) is 1.90. The number of carboxylic acid groups (broad SMARTS) is 1. The first-order valence-corrected chi connectivity index (χ1v) is 7.30. The standard InChI is InChI=1S/C14H22N2O3/c1-3-9(13(17)18)16(2)14(19)15-12-10-7-4-5-8(6-7)11(10)12/h7-12H,3-6H2,1-2H3,(H,15,19)(H,17,18). The van der Waals surface area contributed by atoms with Crippen LogP contribution in [-0.4, -0.2) is 41.1 Å². The summed E-state index contributed by atoms with van der Waals surface area (Å²) in [4.78, 5) is 24.5. The van der Waals surface area contributed by atoms with E-state index in [1.165, 1.54) is 24.2 Å². The molecule has 5 heteroatoms. The van der Waals surface area contributed by atoms with Crippen LogP contribution >= 0.6 is 0 Å². The van der Waals surface area contributed by atoms with Crippen LogP contribution in [0.2, 0.25) is 0 Å². The van der Waals surface area contributed by atoms with Crippen molar-refractivity contribution in [3.05, 3.63) is 0 Å². The maximum absolute atomic E-state index is 12.1. The van der Waals surface area contributed by atoms with E-state index in [4.69, 9.17) is 5.11 Å². The molecule has 0 heterocycles. The second-order valence-corrected chi connectivity index (χ2v) is 6.34. The van der Waals surface area contributed by atoms with Gasteiger partial charge in [0.1, 0.15) is 6.04 Å². The Morgan fingerprint density at radius 2 is 1.89 bits per heavy atom. The predicted molar refractivity (Wildman–Crippen MR) is 69.6 cm³/mol. The van der Waals surface area contributed by atoms with E-state index in [1.54, 1.807) is 14.0 Å². The Balaban J connectivity index is 1.56. The van der Waals surface area contributed by atoms with Gasteiger partial charge in [0, 0.05) is 13.1 Å². The molecule has 0 aliphatic heterocycles. The van der Waals surface area contributed by atoms with Crippen molar-refractivity contribution in [1.82, 2.24) is 10.2 Å². The molecule has 5 nitrogen and oxygen atoms in total. The quantitative estimate of drug-likeness (QED) is 0.811. The van der Waals surface area contributed by atoms with Crippen LogP contribution < -0.4 is 5.32 Å². The van der Waals surface area contributed by atoms with Crippen LogP contribution in [0, 0.1) is 23.7 Å². The van der Waals surface area contributed by atoms with Gasteiger partial charge in [-0.15, -0.1) is 0 Å². The van der Waals surface area contributed by atoms with E-state index in [2.05, 4.69) is 5.32 Å². The molecule has 2 amide bonds. The van der Waals surface area contributed by atoms with Gasteiger partial charge in [-0.05, 0) is 49.4 Å². The second kappa shape index (κ2) is 4.39.